The number of methoxy groups -OCH3 is 1. The van der Waals surface area contributed by atoms with E-state index in [1.807, 2.05) is 0 Å². The first-order valence-electron chi connectivity index (χ1n) is 9.29. The summed E-state index contributed by atoms with van der Waals surface area (Å²) >= 11 is 5.80. The lowest BCUT2D eigenvalue weighted by Gasteiger charge is -2.11. The first-order valence-corrected chi connectivity index (χ1v) is 9.67. The molecular weight excluding hydrogens is 423 g/mol. The fraction of sp³-hybridized carbons (Fsp3) is 0.130. The van der Waals surface area contributed by atoms with E-state index in [-0.39, 0.29) is 19.0 Å². The van der Waals surface area contributed by atoms with Gasteiger partial charge in [0.05, 0.1) is 13.3 Å². The second-order valence-corrected chi connectivity index (χ2v) is 6.80. The van der Waals surface area contributed by atoms with Gasteiger partial charge in [-0.1, -0.05) is 23.7 Å². The Balaban J connectivity index is 1.51. The number of nitrogens with one attached hydrogen (secondary N) is 1. The van der Waals surface area contributed by atoms with Crippen LogP contribution in [0.5, 0.6) is 17.2 Å². The van der Waals surface area contributed by atoms with Gasteiger partial charge in [-0.25, -0.2) is 9.82 Å². The quantitative estimate of drug-likeness (QED) is 0.388. The molecule has 3 aromatic rings. The number of hydrazone groups is 1. The molecule has 8 heteroatoms. The molecular formula is C23H20ClFN2O4. The molecule has 0 aliphatic carbocycles. The maximum Gasteiger partial charge on any atom is 0.277 e. The lowest BCUT2D eigenvalue weighted by atomic mass is 10.2. The molecule has 0 radical (unpaired) electrons. The zero-order chi connectivity index (χ0) is 22.1. The minimum Gasteiger partial charge on any atom is -0.493 e. The molecule has 0 spiro atoms. The van der Waals surface area contributed by atoms with Crippen molar-refractivity contribution < 1.29 is 23.4 Å². The Morgan fingerprint density at radius 3 is 2.48 bits per heavy atom. The number of hydrogen-bond donors (Lipinski definition) is 1. The van der Waals surface area contributed by atoms with Gasteiger partial charge in [0, 0.05) is 5.02 Å². The van der Waals surface area contributed by atoms with Gasteiger partial charge in [0.1, 0.15) is 18.2 Å². The second-order valence-electron chi connectivity index (χ2n) is 6.36. The Bertz CT molecular complexity index is 1040. The molecule has 0 aromatic heterocycles. The summed E-state index contributed by atoms with van der Waals surface area (Å²) in [6.07, 6.45) is 1.48. The van der Waals surface area contributed by atoms with Crippen LogP contribution in [0.25, 0.3) is 0 Å². The summed E-state index contributed by atoms with van der Waals surface area (Å²) in [6, 6.07) is 18.0. The standard InChI is InChI=1S/C23H20ClFN2O4/c1-29-22-12-17(4-11-21(22)31-14-16-2-7-19(25)8-3-16)13-26-27-23(28)15-30-20-9-5-18(24)6-10-20/h2-13H,14-15H2,1H3,(H,27,28)/b26-13-. The number of carbonyl (C=O) groups excluding carboxylic acids is 1. The van der Waals surface area contributed by atoms with Crippen LogP contribution in [0, 0.1) is 5.82 Å². The van der Waals surface area contributed by atoms with Gasteiger partial charge in [-0.15, -0.1) is 0 Å². The Morgan fingerprint density at radius 2 is 1.77 bits per heavy atom. The number of ether oxygens (including phenoxy) is 3. The SMILES string of the molecule is COc1cc(/C=N\NC(=O)COc2ccc(Cl)cc2)ccc1OCc1ccc(F)cc1. The van der Waals surface area contributed by atoms with Gasteiger partial charge in [0.2, 0.25) is 0 Å². The van der Waals surface area contributed by atoms with Crippen molar-refractivity contribution in [2.45, 2.75) is 6.61 Å². The predicted molar refractivity (Wildman–Crippen MR) is 116 cm³/mol. The minimum atomic E-state index is -0.405. The van der Waals surface area contributed by atoms with Crippen LogP contribution in [0.2, 0.25) is 5.02 Å². The molecule has 1 amide bonds. The number of amides is 1. The average molecular weight is 443 g/mol. The number of halogens is 2. The van der Waals surface area contributed by atoms with E-state index >= 15 is 0 Å². The highest BCUT2D eigenvalue weighted by atomic mass is 35.5. The van der Waals surface area contributed by atoms with Crippen molar-refractivity contribution in [1.29, 1.82) is 0 Å². The Kier molecular flexibility index (Phi) is 7.84. The highest BCUT2D eigenvalue weighted by Gasteiger charge is 2.06. The fourth-order valence-electron chi connectivity index (χ4n) is 2.52. The normalized spacial score (nSPS) is 10.7. The van der Waals surface area contributed by atoms with Crippen LogP contribution in [0.4, 0.5) is 4.39 Å². The molecule has 0 fully saturated rings. The summed E-state index contributed by atoms with van der Waals surface area (Å²) in [7, 11) is 1.52. The Labute approximate surface area is 184 Å². The van der Waals surface area contributed by atoms with E-state index < -0.39 is 5.91 Å². The number of carbonyl (C=O) groups is 1. The summed E-state index contributed by atoms with van der Waals surface area (Å²) in [5.74, 6) is 0.864. The van der Waals surface area contributed by atoms with Crippen LogP contribution in [-0.4, -0.2) is 25.8 Å². The molecule has 31 heavy (non-hydrogen) atoms. The van der Waals surface area contributed by atoms with Gasteiger partial charge in [0.25, 0.3) is 5.91 Å². The molecule has 0 unspecified atom stereocenters. The molecule has 0 bridgehead atoms. The highest BCUT2D eigenvalue weighted by molar-refractivity contribution is 6.30. The van der Waals surface area contributed by atoms with Gasteiger partial charge in [0.15, 0.2) is 18.1 Å². The number of hydrogen-bond acceptors (Lipinski definition) is 5. The zero-order valence-corrected chi connectivity index (χ0v) is 17.4. The smallest absolute Gasteiger partial charge is 0.277 e. The van der Waals surface area contributed by atoms with Crippen molar-refractivity contribution in [3.63, 3.8) is 0 Å². The van der Waals surface area contributed by atoms with E-state index in [1.54, 1.807) is 54.6 Å². The average Bonchev–Trinajstić information content (AvgIpc) is 2.78. The third-order valence-corrected chi connectivity index (χ3v) is 4.33. The monoisotopic (exact) mass is 442 g/mol. The van der Waals surface area contributed by atoms with Crippen LogP contribution < -0.4 is 19.6 Å². The summed E-state index contributed by atoms with van der Waals surface area (Å²) in [6.45, 7) is 0.0895. The molecule has 0 atom stereocenters. The zero-order valence-electron chi connectivity index (χ0n) is 16.7. The van der Waals surface area contributed by atoms with Crippen molar-refractivity contribution >= 4 is 23.7 Å². The van der Waals surface area contributed by atoms with Gasteiger partial charge in [-0.05, 0) is 65.7 Å². The Hall–Kier alpha value is -3.58. The summed E-state index contributed by atoms with van der Waals surface area (Å²) in [5.41, 5.74) is 3.92. The number of rotatable bonds is 9. The maximum absolute atomic E-state index is 13.0. The molecule has 6 nitrogen and oxygen atoms in total. The van der Waals surface area contributed by atoms with Crippen LogP contribution in [0.3, 0.4) is 0 Å². The maximum atomic E-state index is 13.0. The highest BCUT2D eigenvalue weighted by Crippen LogP contribution is 2.28. The molecule has 3 aromatic carbocycles. The molecule has 0 heterocycles. The largest absolute Gasteiger partial charge is 0.493 e. The van der Waals surface area contributed by atoms with Gasteiger partial charge >= 0.3 is 0 Å². The molecule has 3 rings (SSSR count). The molecule has 160 valence electrons. The first-order chi connectivity index (χ1) is 15.0. The molecule has 1 N–H and O–H groups in total. The van der Waals surface area contributed by atoms with Crippen LogP contribution in [-0.2, 0) is 11.4 Å². The van der Waals surface area contributed by atoms with Gasteiger partial charge < -0.3 is 14.2 Å². The summed E-state index contributed by atoms with van der Waals surface area (Å²) in [4.78, 5) is 11.8. The van der Waals surface area contributed by atoms with Gasteiger partial charge in [-0.2, -0.15) is 5.10 Å². The van der Waals surface area contributed by atoms with Crippen LogP contribution in [0.1, 0.15) is 11.1 Å². The molecule has 0 aliphatic heterocycles. The van der Waals surface area contributed by atoms with E-state index in [2.05, 4.69) is 10.5 Å². The lowest BCUT2D eigenvalue weighted by Crippen LogP contribution is -2.24. The van der Waals surface area contributed by atoms with E-state index in [1.165, 1.54) is 25.5 Å². The van der Waals surface area contributed by atoms with Crippen LogP contribution in [0.15, 0.2) is 71.8 Å². The van der Waals surface area contributed by atoms with E-state index in [0.29, 0.717) is 27.8 Å². The second kappa shape index (κ2) is 11.0. The molecule has 0 saturated carbocycles. The third-order valence-electron chi connectivity index (χ3n) is 4.08. The number of benzene rings is 3. The predicted octanol–water partition coefficient (Wildman–Crippen LogP) is 4.60. The van der Waals surface area contributed by atoms with E-state index in [9.17, 15) is 9.18 Å². The topological polar surface area (TPSA) is 69.2 Å². The Morgan fingerprint density at radius 1 is 1.03 bits per heavy atom. The third kappa shape index (κ3) is 7.01. The first kappa shape index (κ1) is 22.1. The van der Waals surface area contributed by atoms with Crippen LogP contribution >= 0.6 is 11.6 Å². The minimum absolute atomic E-state index is 0.182. The van der Waals surface area contributed by atoms with Crippen molar-refractivity contribution in [1.82, 2.24) is 5.43 Å². The van der Waals surface area contributed by atoms with Gasteiger partial charge in [-0.3, -0.25) is 4.79 Å². The fourth-order valence-corrected chi connectivity index (χ4v) is 2.64. The van der Waals surface area contributed by atoms with Crippen molar-refractivity contribution in [3.05, 3.63) is 88.7 Å². The van der Waals surface area contributed by atoms with Crippen molar-refractivity contribution in [3.8, 4) is 17.2 Å². The molecule has 0 saturated heterocycles. The van der Waals surface area contributed by atoms with E-state index in [4.69, 9.17) is 25.8 Å². The molecule has 0 aliphatic rings. The summed E-state index contributed by atoms with van der Waals surface area (Å²) in [5, 5.41) is 4.50. The van der Waals surface area contributed by atoms with Crippen molar-refractivity contribution in [2.75, 3.05) is 13.7 Å². The summed E-state index contributed by atoms with van der Waals surface area (Å²) < 4.78 is 29.4. The number of nitrogens with zero attached hydrogens (tertiary/aromatic N) is 1. The lowest BCUT2D eigenvalue weighted by molar-refractivity contribution is -0.123. The van der Waals surface area contributed by atoms with E-state index in [0.717, 1.165) is 5.56 Å². The van der Waals surface area contributed by atoms with Crippen molar-refractivity contribution in [2.24, 2.45) is 5.10 Å².